The maximum absolute atomic E-state index is 12.6. The van der Waals surface area contributed by atoms with Crippen molar-refractivity contribution in [2.45, 2.75) is 35.6 Å². The molecular weight excluding hydrogens is 428 g/mol. The Kier molecular flexibility index (Phi) is 4.93. The van der Waals surface area contributed by atoms with Crippen LogP contribution in [0.5, 0.6) is 0 Å². The SMILES string of the molecule is Cc1cc(Br)ccc1NS(=O)(=O)c1cccc(S(=O)(=O)NC2CC2)c1. The van der Waals surface area contributed by atoms with Gasteiger partial charge in [-0.25, -0.2) is 21.6 Å². The van der Waals surface area contributed by atoms with Gasteiger partial charge in [0.25, 0.3) is 10.0 Å². The molecule has 0 aliphatic heterocycles. The maximum Gasteiger partial charge on any atom is 0.261 e. The number of anilines is 1. The standard InChI is InChI=1S/C16H17BrN2O4S2/c1-11-9-12(17)5-8-16(11)19-25(22,23)15-4-2-3-14(10-15)24(20,21)18-13-6-7-13/h2-5,8-10,13,18-19H,6-7H2,1H3. The van der Waals surface area contributed by atoms with Gasteiger partial charge in [-0.05, 0) is 61.7 Å². The Labute approximate surface area is 155 Å². The summed E-state index contributed by atoms with van der Waals surface area (Å²) in [6.45, 7) is 1.78. The van der Waals surface area contributed by atoms with Crippen LogP contribution in [0.3, 0.4) is 0 Å². The first-order valence-electron chi connectivity index (χ1n) is 7.59. The van der Waals surface area contributed by atoms with E-state index in [4.69, 9.17) is 0 Å². The third-order valence-electron chi connectivity index (χ3n) is 3.76. The number of hydrogen-bond donors (Lipinski definition) is 2. The fourth-order valence-corrected chi connectivity index (χ4v) is 5.32. The lowest BCUT2D eigenvalue weighted by atomic mass is 10.2. The van der Waals surface area contributed by atoms with Crippen molar-refractivity contribution < 1.29 is 16.8 Å². The van der Waals surface area contributed by atoms with Gasteiger partial charge in [-0.15, -0.1) is 0 Å². The number of hydrogen-bond acceptors (Lipinski definition) is 4. The fourth-order valence-electron chi connectivity index (χ4n) is 2.24. The van der Waals surface area contributed by atoms with Gasteiger partial charge in [0, 0.05) is 10.5 Å². The summed E-state index contributed by atoms with van der Waals surface area (Å²) in [5, 5.41) is 0. The van der Waals surface area contributed by atoms with Gasteiger partial charge in [0.1, 0.15) is 0 Å². The third-order valence-corrected chi connectivity index (χ3v) is 7.13. The normalized spacial score (nSPS) is 15.1. The zero-order valence-electron chi connectivity index (χ0n) is 13.4. The smallest absolute Gasteiger partial charge is 0.261 e. The number of rotatable bonds is 6. The van der Waals surface area contributed by atoms with Crippen molar-refractivity contribution in [2.75, 3.05) is 4.72 Å². The molecule has 25 heavy (non-hydrogen) atoms. The van der Waals surface area contributed by atoms with E-state index in [0.717, 1.165) is 22.9 Å². The molecular formula is C16H17BrN2O4S2. The highest BCUT2D eigenvalue weighted by atomic mass is 79.9. The minimum absolute atomic E-state index is 0.0474. The lowest BCUT2D eigenvalue weighted by Crippen LogP contribution is -2.26. The monoisotopic (exact) mass is 444 g/mol. The Balaban J connectivity index is 1.91. The topological polar surface area (TPSA) is 92.3 Å². The van der Waals surface area contributed by atoms with E-state index in [2.05, 4.69) is 25.4 Å². The molecule has 134 valence electrons. The van der Waals surface area contributed by atoms with E-state index in [-0.39, 0.29) is 15.8 Å². The van der Waals surface area contributed by atoms with Gasteiger partial charge < -0.3 is 0 Å². The molecule has 1 aliphatic carbocycles. The highest BCUT2D eigenvalue weighted by Crippen LogP contribution is 2.25. The third kappa shape index (κ3) is 4.41. The van der Waals surface area contributed by atoms with Gasteiger partial charge in [0.15, 0.2) is 0 Å². The summed E-state index contributed by atoms with van der Waals surface area (Å²) in [4.78, 5) is -0.164. The predicted octanol–water partition coefficient (Wildman–Crippen LogP) is 3.00. The Hall–Kier alpha value is -1.42. The summed E-state index contributed by atoms with van der Waals surface area (Å²) >= 11 is 3.33. The first-order chi connectivity index (χ1) is 11.7. The maximum atomic E-state index is 12.6. The van der Waals surface area contributed by atoms with Crippen molar-refractivity contribution in [3.63, 3.8) is 0 Å². The molecule has 1 aliphatic rings. The molecule has 6 nitrogen and oxygen atoms in total. The number of aryl methyl sites for hydroxylation is 1. The van der Waals surface area contributed by atoms with E-state index in [9.17, 15) is 16.8 Å². The van der Waals surface area contributed by atoms with Crippen LogP contribution in [0.1, 0.15) is 18.4 Å². The summed E-state index contributed by atoms with van der Waals surface area (Å²) < 4.78 is 55.7. The first kappa shape index (κ1) is 18.4. The van der Waals surface area contributed by atoms with E-state index in [1.54, 1.807) is 25.1 Å². The largest absolute Gasteiger partial charge is 0.279 e. The Morgan fingerprint density at radius 2 is 1.60 bits per heavy atom. The second-order valence-corrected chi connectivity index (χ2v) is 10.2. The molecule has 0 unspecified atom stereocenters. The van der Waals surface area contributed by atoms with Crippen LogP contribution in [0.4, 0.5) is 5.69 Å². The van der Waals surface area contributed by atoms with Crippen LogP contribution in [-0.2, 0) is 20.0 Å². The van der Waals surface area contributed by atoms with E-state index in [0.29, 0.717) is 5.69 Å². The average molecular weight is 445 g/mol. The highest BCUT2D eigenvalue weighted by molar-refractivity contribution is 9.10. The van der Waals surface area contributed by atoms with Crippen LogP contribution in [0.15, 0.2) is 56.7 Å². The van der Waals surface area contributed by atoms with E-state index in [1.807, 2.05) is 0 Å². The van der Waals surface area contributed by atoms with Crippen LogP contribution in [0, 0.1) is 6.92 Å². The predicted molar refractivity (Wildman–Crippen MR) is 99.5 cm³/mol. The van der Waals surface area contributed by atoms with E-state index < -0.39 is 20.0 Å². The van der Waals surface area contributed by atoms with Gasteiger partial charge in [0.2, 0.25) is 10.0 Å². The molecule has 2 aromatic rings. The van der Waals surface area contributed by atoms with Crippen molar-refractivity contribution in [3.05, 3.63) is 52.5 Å². The molecule has 2 aromatic carbocycles. The molecule has 3 rings (SSSR count). The second-order valence-electron chi connectivity index (χ2n) is 5.94. The van der Waals surface area contributed by atoms with Gasteiger partial charge in [-0.3, -0.25) is 4.72 Å². The molecule has 0 heterocycles. The quantitative estimate of drug-likeness (QED) is 0.715. The number of benzene rings is 2. The molecule has 0 bridgehead atoms. The molecule has 0 radical (unpaired) electrons. The highest BCUT2D eigenvalue weighted by Gasteiger charge is 2.28. The van der Waals surface area contributed by atoms with Gasteiger partial charge in [-0.2, -0.15) is 0 Å². The van der Waals surface area contributed by atoms with Crippen LogP contribution < -0.4 is 9.44 Å². The van der Waals surface area contributed by atoms with Crippen LogP contribution >= 0.6 is 15.9 Å². The average Bonchev–Trinajstić information content (AvgIpc) is 3.33. The van der Waals surface area contributed by atoms with Gasteiger partial charge in [-0.1, -0.05) is 22.0 Å². The lowest BCUT2D eigenvalue weighted by Gasteiger charge is -2.12. The van der Waals surface area contributed by atoms with Crippen molar-refractivity contribution in [3.8, 4) is 0 Å². The fraction of sp³-hybridized carbons (Fsp3) is 0.250. The molecule has 1 saturated carbocycles. The molecule has 0 aromatic heterocycles. The molecule has 1 fully saturated rings. The second kappa shape index (κ2) is 6.71. The van der Waals surface area contributed by atoms with E-state index >= 15 is 0 Å². The molecule has 2 N–H and O–H groups in total. The summed E-state index contributed by atoms with van der Waals surface area (Å²) in [5.74, 6) is 0. The molecule has 0 spiro atoms. The van der Waals surface area contributed by atoms with Crippen LogP contribution in [0.2, 0.25) is 0 Å². The minimum atomic E-state index is -3.90. The first-order valence-corrected chi connectivity index (χ1v) is 11.3. The van der Waals surface area contributed by atoms with Crippen LogP contribution in [0.25, 0.3) is 0 Å². The van der Waals surface area contributed by atoms with Crippen molar-refractivity contribution in [2.24, 2.45) is 0 Å². The van der Waals surface area contributed by atoms with E-state index in [1.165, 1.54) is 24.3 Å². The lowest BCUT2D eigenvalue weighted by molar-refractivity contribution is 0.580. The zero-order chi connectivity index (χ0) is 18.2. The molecule has 0 atom stereocenters. The summed E-state index contributed by atoms with van der Waals surface area (Å²) in [7, 11) is -7.62. The molecule has 0 amide bonds. The number of sulfonamides is 2. The Morgan fingerprint density at radius 1 is 0.960 bits per heavy atom. The van der Waals surface area contributed by atoms with Crippen molar-refractivity contribution in [1.29, 1.82) is 0 Å². The van der Waals surface area contributed by atoms with Crippen molar-refractivity contribution in [1.82, 2.24) is 4.72 Å². The Morgan fingerprint density at radius 3 is 2.20 bits per heavy atom. The Bertz CT molecular complexity index is 1020. The summed E-state index contributed by atoms with van der Waals surface area (Å²) in [5.41, 5.74) is 1.18. The number of halogens is 1. The summed E-state index contributed by atoms with van der Waals surface area (Å²) in [6.07, 6.45) is 1.61. The van der Waals surface area contributed by atoms with Crippen molar-refractivity contribution >= 4 is 41.7 Å². The summed E-state index contributed by atoms with van der Waals surface area (Å²) in [6, 6.07) is 10.5. The van der Waals surface area contributed by atoms with Gasteiger partial charge in [0.05, 0.1) is 15.5 Å². The zero-order valence-corrected chi connectivity index (χ0v) is 16.6. The molecule has 0 saturated heterocycles. The number of nitrogens with one attached hydrogen (secondary N) is 2. The van der Waals surface area contributed by atoms with Gasteiger partial charge >= 0.3 is 0 Å². The van der Waals surface area contributed by atoms with Crippen LogP contribution in [-0.4, -0.2) is 22.9 Å². The molecule has 9 heteroatoms. The minimum Gasteiger partial charge on any atom is -0.279 e.